The first kappa shape index (κ1) is 19.0. The van der Waals surface area contributed by atoms with E-state index in [4.69, 9.17) is 19.5 Å². The highest BCUT2D eigenvalue weighted by Gasteiger charge is 2.23. The van der Waals surface area contributed by atoms with Gasteiger partial charge in [0.25, 0.3) is 0 Å². The van der Waals surface area contributed by atoms with E-state index >= 15 is 0 Å². The van der Waals surface area contributed by atoms with Crippen molar-refractivity contribution >= 4 is 16.9 Å². The number of benzene rings is 2. The number of methoxy groups -OCH3 is 1. The molecule has 0 bridgehead atoms. The molecule has 2 aromatic carbocycles. The Kier molecular flexibility index (Phi) is 5.50. The number of H-pyrrole nitrogens is 1. The van der Waals surface area contributed by atoms with E-state index in [9.17, 15) is 4.79 Å². The molecule has 6 nitrogen and oxygen atoms in total. The molecule has 2 heterocycles. The van der Waals surface area contributed by atoms with Crippen LogP contribution in [-0.2, 0) is 20.7 Å². The smallest absolute Gasteiger partial charge is 0.313 e. The number of esters is 1. The van der Waals surface area contributed by atoms with Gasteiger partial charge in [-0.1, -0.05) is 12.1 Å². The second kappa shape index (κ2) is 8.38. The number of carbonyl (C=O) groups is 1. The minimum absolute atomic E-state index is 0.0851. The number of nitrogens with zero attached hydrogens (tertiary/aromatic N) is 1. The maximum atomic E-state index is 12.5. The van der Waals surface area contributed by atoms with Gasteiger partial charge in [0.15, 0.2) is 0 Å². The summed E-state index contributed by atoms with van der Waals surface area (Å²) in [7, 11) is 1.40. The number of fused-ring (bicyclic) bond motifs is 1. The molecule has 1 unspecified atom stereocenters. The number of aromatic amines is 1. The zero-order valence-corrected chi connectivity index (χ0v) is 16.2. The fourth-order valence-corrected chi connectivity index (χ4v) is 3.65. The van der Waals surface area contributed by atoms with Gasteiger partial charge < -0.3 is 19.2 Å². The van der Waals surface area contributed by atoms with Crippen molar-refractivity contribution in [2.24, 2.45) is 0 Å². The summed E-state index contributed by atoms with van der Waals surface area (Å²) in [6, 6.07) is 17.2. The second-order valence-corrected chi connectivity index (χ2v) is 7.16. The Hall–Kier alpha value is -3.30. The van der Waals surface area contributed by atoms with Crippen molar-refractivity contribution in [2.75, 3.05) is 20.3 Å². The van der Waals surface area contributed by atoms with Crippen molar-refractivity contribution in [3.05, 3.63) is 65.4 Å². The lowest BCUT2D eigenvalue weighted by Crippen LogP contribution is -2.18. The molecule has 29 heavy (non-hydrogen) atoms. The summed E-state index contributed by atoms with van der Waals surface area (Å²) in [5.41, 5.74) is 3.32. The number of hydrogen-bond donors (Lipinski definition) is 1. The van der Waals surface area contributed by atoms with Crippen LogP contribution in [0.2, 0.25) is 0 Å². The van der Waals surface area contributed by atoms with Gasteiger partial charge in [-0.3, -0.25) is 4.79 Å². The highest BCUT2D eigenvalue weighted by molar-refractivity contribution is 5.83. The maximum absolute atomic E-state index is 12.5. The van der Waals surface area contributed by atoms with Crippen LogP contribution in [0.15, 0.2) is 48.5 Å². The van der Waals surface area contributed by atoms with Gasteiger partial charge >= 0.3 is 5.97 Å². The van der Waals surface area contributed by atoms with E-state index in [0.29, 0.717) is 18.6 Å². The van der Waals surface area contributed by atoms with Crippen LogP contribution in [0.3, 0.4) is 0 Å². The summed E-state index contributed by atoms with van der Waals surface area (Å²) in [4.78, 5) is 15.8. The van der Waals surface area contributed by atoms with E-state index in [1.54, 1.807) is 6.07 Å². The van der Waals surface area contributed by atoms with Gasteiger partial charge in [0, 0.05) is 29.4 Å². The van der Waals surface area contributed by atoms with Crippen LogP contribution in [0.25, 0.3) is 10.9 Å². The zero-order chi connectivity index (χ0) is 20.2. The highest BCUT2D eigenvalue weighted by Crippen LogP contribution is 2.27. The van der Waals surface area contributed by atoms with Gasteiger partial charge in [-0.2, -0.15) is 5.26 Å². The molecule has 0 radical (unpaired) electrons. The second-order valence-electron chi connectivity index (χ2n) is 7.16. The van der Waals surface area contributed by atoms with E-state index in [-0.39, 0.29) is 12.1 Å². The lowest BCUT2D eigenvalue weighted by molar-refractivity contribution is -0.142. The summed E-state index contributed by atoms with van der Waals surface area (Å²) in [6.07, 6.45) is 1.45. The first-order chi connectivity index (χ1) is 14.2. The molecule has 0 amide bonds. The van der Waals surface area contributed by atoms with Gasteiger partial charge in [0.05, 0.1) is 37.9 Å². The SMILES string of the molecule is COC(=O)C(Cc1cc2cc(C#N)ccc2[nH]1)c1ccc(O[C@@H]2CCOC2)cc1. The molecule has 1 aliphatic rings. The van der Waals surface area contributed by atoms with Crippen LogP contribution in [0.4, 0.5) is 0 Å². The molecule has 1 N–H and O–H groups in total. The predicted octanol–water partition coefficient (Wildman–Crippen LogP) is 3.71. The van der Waals surface area contributed by atoms with Crippen molar-refractivity contribution in [1.29, 1.82) is 5.26 Å². The van der Waals surface area contributed by atoms with Crippen molar-refractivity contribution in [3.63, 3.8) is 0 Å². The topological polar surface area (TPSA) is 84.3 Å². The molecule has 148 valence electrons. The summed E-state index contributed by atoms with van der Waals surface area (Å²) in [5.74, 6) is 0.0362. The van der Waals surface area contributed by atoms with Crippen molar-refractivity contribution < 1.29 is 19.0 Å². The first-order valence-electron chi connectivity index (χ1n) is 9.60. The van der Waals surface area contributed by atoms with Crippen LogP contribution in [-0.4, -0.2) is 37.4 Å². The third-order valence-corrected chi connectivity index (χ3v) is 5.19. The molecule has 1 saturated heterocycles. The number of carbonyl (C=O) groups excluding carboxylic acids is 1. The molecule has 1 fully saturated rings. The molecule has 3 aromatic rings. The molecule has 0 aliphatic carbocycles. The fourth-order valence-electron chi connectivity index (χ4n) is 3.65. The Bertz CT molecular complexity index is 1040. The third-order valence-electron chi connectivity index (χ3n) is 5.19. The largest absolute Gasteiger partial charge is 0.488 e. The van der Waals surface area contributed by atoms with Crippen LogP contribution in [0.1, 0.15) is 29.2 Å². The minimum Gasteiger partial charge on any atom is -0.488 e. The molecule has 6 heteroatoms. The van der Waals surface area contributed by atoms with Crippen molar-refractivity contribution in [3.8, 4) is 11.8 Å². The highest BCUT2D eigenvalue weighted by atomic mass is 16.5. The lowest BCUT2D eigenvalue weighted by Gasteiger charge is -2.16. The van der Waals surface area contributed by atoms with E-state index in [1.165, 1.54) is 7.11 Å². The van der Waals surface area contributed by atoms with Gasteiger partial charge in [0.1, 0.15) is 11.9 Å². The van der Waals surface area contributed by atoms with Crippen LogP contribution in [0, 0.1) is 11.3 Å². The van der Waals surface area contributed by atoms with E-state index in [0.717, 1.165) is 40.9 Å². The quantitative estimate of drug-likeness (QED) is 0.649. The van der Waals surface area contributed by atoms with Crippen molar-refractivity contribution in [2.45, 2.75) is 24.9 Å². The maximum Gasteiger partial charge on any atom is 0.313 e. The number of ether oxygens (including phenoxy) is 3. The Balaban J connectivity index is 1.54. The third kappa shape index (κ3) is 4.25. The molecule has 0 saturated carbocycles. The van der Waals surface area contributed by atoms with E-state index in [2.05, 4.69) is 11.1 Å². The van der Waals surface area contributed by atoms with Crippen LogP contribution >= 0.6 is 0 Å². The monoisotopic (exact) mass is 390 g/mol. The number of nitriles is 1. The number of rotatable bonds is 6. The summed E-state index contributed by atoms with van der Waals surface area (Å²) >= 11 is 0. The minimum atomic E-state index is -0.438. The Morgan fingerprint density at radius 2 is 2.10 bits per heavy atom. The van der Waals surface area contributed by atoms with Gasteiger partial charge in [-0.05, 0) is 42.0 Å². The molecule has 1 aliphatic heterocycles. The number of aromatic nitrogens is 1. The van der Waals surface area contributed by atoms with Gasteiger partial charge in [0.2, 0.25) is 0 Å². The zero-order valence-electron chi connectivity index (χ0n) is 16.2. The average Bonchev–Trinajstić information content (AvgIpc) is 3.40. The molecular weight excluding hydrogens is 368 g/mol. The van der Waals surface area contributed by atoms with Crippen molar-refractivity contribution in [1.82, 2.24) is 4.98 Å². The number of hydrogen-bond acceptors (Lipinski definition) is 5. The van der Waals surface area contributed by atoms with Crippen LogP contribution in [0.5, 0.6) is 5.75 Å². The normalized spacial score (nSPS) is 17.0. The van der Waals surface area contributed by atoms with Gasteiger partial charge in [-0.15, -0.1) is 0 Å². The molecular formula is C23H22N2O4. The first-order valence-corrected chi connectivity index (χ1v) is 9.60. The average molecular weight is 390 g/mol. The Morgan fingerprint density at radius 3 is 2.79 bits per heavy atom. The Morgan fingerprint density at radius 1 is 1.28 bits per heavy atom. The Labute approximate surface area is 169 Å². The van der Waals surface area contributed by atoms with Crippen LogP contribution < -0.4 is 4.74 Å². The lowest BCUT2D eigenvalue weighted by atomic mass is 9.94. The molecule has 1 aromatic heterocycles. The standard InChI is InChI=1S/C23H22N2O4/c1-27-23(26)21(12-18-11-17-10-15(13-24)2-7-22(17)25-18)16-3-5-19(6-4-16)29-20-8-9-28-14-20/h2-7,10-11,20-21,25H,8-9,12,14H2,1H3/t20-,21?/m1/s1. The predicted molar refractivity (Wildman–Crippen MR) is 108 cm³/mol. The molecule has 2 atom stereocenters. The summed E-state index contributed by atoms with van der Waals surface area (Å²) in [5, 5.41) is 10.0. The van der Waals surface area contributed by atoms with E-state index < -0.39 is 5.92 Å². The number of nitrogens with one attached hydrogen (secondary N) is 1. The molecule has 4 rings (SSSR count). The summed E-state index contributed by atoms with van der Waals surface area (Å²) < 4.78 is 16.3. The molecule has 0 spiro atoms. The van der Waals surface area contributed by atoms with E-state index in [1.807, 2.05) is 42.5 Å². The van der Waals surface area contributed by atoms with Gasteiger partial charge in [-0.25, -0.2) is 0 Å². The summed E-state index contributed by atoms with van der Waals surface area (Å²) in [6.45, 7) is 1.34. The fraction of sp³-hybridized carbons (Fsp3) is 0.304.